The molecule has 52 valence electrons. The largest absolute Gasteiger partial charge is 0.391 e. The van der Waals surface area contributed by atoms with Crippen molar-refractivity contribution in [2.45, 2.75) is 31.4 Å². The lowest BCUT2D eigenvalue weighted by atomic mass is 10.0. The lowest BCUT2D eigenvalue weighted by Crippen LogP contribution is -2.33. The summed E-state index contributed by atoms with van der Waals surface area (Å²) in [5.74, 6) is 0.792. The van der Waals surface area contributed by atoms with Crippen molar-refractivity contribution in [2.75, 3.05) is 6.54 Å². The summed E-state index contributed by atoms with van der Waals surface area (Å²) in [6, 6.07) is 0.449. The fourth-order valence-electron chi connectivity index (χ4n) is 2.12. The van der Waals surface area contributed by atoms with Crippen LogP contribution in [0.2, 0.25) is 0 Å². The van der Waals surface area contributed by atoms with E-state index in [9.17, 15) is 5.11 Å². The van der Waals surface area contributed by atoms with Crippen molar-refractivity contribution >= 4 is 0 Å². The smallest absolute Gasteiger partial charge is 0.0696 e. The molecule has 2 heteroatoms. The minimum Gasteiger partial charge on any atom is -0.391 e. The zero-order valence-electron chi connectivity index (χ0n) is 5.51. The van der Waals surface area contributed by atoms with E-state index in [0.29, 0.717) is 6.04 Å². The van der Waals surface area contributed by atoms with Gasteiger partial charge in [-0.3, -0.25) is 0 Å². The summed E-state index contributed by atoms with van der Waals surface area (Å²) >= 11 is 0. The molecule has 2 rings (SSSR count). The number of hydrogen-bond donors (Lipinski definition) is 2. The molecule has 1 unspecified atom stereocenters. The summed E-state index contributed by atoms with van der Waals surface area (Å²) in [7, 11) is 0. The maximum Gasteiger partial charge on any atom is 0.0696 e. The maximum atomic E-state index is 9.34. The first kappa shape index (κ1) is 5.69. The summed E-state index contributed by atoms with van der Waals surface area (Å²) in [5, 5.41) is 12.7. The normalized spacial score (nSPS) is 49.7. The minimum atomic E-state index is -0.0440. The van der Waals surface area contributed by atoms with Gasteiger partial charge in [0, 0.05) is 6.04 Å². The van der Waals surface area contributed by atoms with Crippen LogP contribution >= 0.6 is 0 Å². The van der Waals surface area contributed by atoms with E-state index in [-0.39, 0.29) is 6.10 Å². The van der Waals surface area contributed by atoms with Crippen LogP contribution in [0.5, 0.6) is 0 Å². The zero-order chi connectivity index (χ0) is 6.27. The third-order valence-corrected chi connectivity index (χ3v) is 2.65. The van der Waals surface area contributed by atoms with Gasteiger partial charge in [0.1, 0.15) is 0 Å². The fraction of sp³-hybridized carbons (Fsp3) is 1.00. The quantitative estimate of drug-likeness (QED) is 0.484. The second-order valence-corrected chi connectivity index (χ2v) is 3.17. The fourth-order valence-corrected chi connectivity index (χ4v) is 2.12. The predicted molar refractivity (Wildman–Crippen MR) is 35.1 cm³/mol. The molecule has 1 aliphatic heterocycles. The lowest BCUT2D eigenvalue weighted by Gasteiger charge is -2.11. The van der Waals surface area contributed by atoms with Crippen molar-refractivity contribution < 1.29 is 5.11 Å². The molecule has 0 bridgehead atoms. The van der Waals surface area contributed by atoms with Crippen LogP contribution in [0.25, 0.3) is 0 Å². The van der Waals surface area contributed by atoms with Gasteiger partial charge in [0.25, 0.3) is 0 Å². The Morgan fingerprint density at radius 1 is 1.22 bits per heavy atom. The third-order valence-electron chi connectivity index (χ3n) is 2.65. The van der Waals surface area contributed by atoms with Crippen molar-refractivity contribution in [3.05, 3.63) is 0 Å². The standard InChI is InChI=1S/C7H13NO/c9-6-2-1-5-3-4-8-7(5)6/h5-9H,1-4H2/t5-,6?,7+/m1/s1. The Kier molecular flexibility index (Phi) is 1.24. The molecular formula is C7H13NO. The Bertz CT molecular complexity index is 115. The Morgan fingerprint density at radius 3 is 2.89 bits per heavy atom. The number of rotatable bonds is 0. The summed E-state index contributed by atoms with van der Waals surface area (Å²) in [6.07, 6.45) is 3.49. The molecule has 2 nitrogen and oxygen atoms in total. The van der Waals surface area contributed by atoms with E-state index in [1.165, 1.54) is 12.8 Å². The van der Waals surface area contributed by atoms with Crippen LogP contribution in [0.1, 0.15) is 19.3 Å². The van der Waals surface area contributed by atoms with Crippen LogP contribution < -0.4 is 5.32 Å². The zero-order valence-corrected chi connectivity index (χ0v) is 5.51. The van der Waals surface area contributed by atoms with Crippen LogP contribution in [-0.2, 0) is 0 Å². The second-order valence-electron chi connectivity index (χ2n) is 3.17. The molecule has 0 aromatic heterocycles. The first-order valence-corrected chi connectivity index (χ1v) is 3.79. The second kappa shape index (κ2) is 1.96. The van der Waals surface area contributed by atoms with Gasteiger partial charge in [-0.05, 0) is 31.7 Å². The summed E-state index contributed by atoms with van der Waals surface area (Å²) in [4.78, 5) is 0. The van der Waals surface area contributed by atoms with E-state index in [1.807, 2.05) is 0 Å². The van der Waals surface area contributed by atoms with Crippen LogP contribution in [0, 0.1) is 5.92 Å². The van der Waals surface area contributed by atoms with Crippen molar-refractivity contribution in [3.63, 3.8) is 0 Å². The molecule has 0 aromatic carbocycles. The van der Waals surface area contributed by atoms with E-state index in [2.05, 4.69) is 5.32 Å². The van der Waals surface area contributed by atoms with Crippen LogP contribution in [-0.4, -0.2) is 23.8 Å². The van der Waals surface area contributed by atoms with E-state index >= 15 is 0 Å². The summed E-state index contributed by atoms with van der Waals surface area (Å²) in [6.45, 7) is 1.12. The van der Waals surface area contributed by atoms with E-state index in [1.54, 1.807) is 0 Å². The summed E-state index contributed by atoms with van der Waals surface area (Å²) in [5.41, 5.74) is 0. The first-order chi connectivity index (χ1) is 4.38. The molecule has 1 saturated heterocycles. The molecule has 1 heterocycles. The van der Waals surface area contributed by atoms with E-state index < -0.39 is 0 Å². The van der Waals surface area contributed by atoms with Crippen molar-refractivity contribution in [2.24, 2.45) is 5.92 Å². The topological polar surface area (TPSA) is 32.3 Å². The average molecular weight is 127 g/mol. The molecule has 2 N–H and O–H groups in total. The van der Waals surface area contributed by atoms with Gasteiger partial charge in [-0.2, -0.15) is 0 Å². The third kappa shape index (κ3) is 0.775. The highest BCUT2D eigenvalue weighted by atomic mass is 16.3. The van der Waals surface area contributed by atoms with Gasteiger partial charge in [0.15, 0.2) is 0 Å². The monoisotopic (exact) mass is 127 g/mol. The van der Waals surface area contributed by atoms with Gasteiger partial charge in [-0.15, -0.1) is 0 Å². The molecule has 0 spiro atoms. The number of nitrogens with one attached hydrogen (secondary N) is 1. The van der Waals surface area contributed by atoms with Gasteiger partial charge in [0.2, 0.25) is 0 Å². The maximum absolute atomic E-state index is 9.34. The number of aliphatic hydroxyl groups excluding tert-OH is 1. The number of hydrogen-bond acceptors (Lipinski definition) is 2. The minimum absolute atomic E-state index is 0.0440. The molecular weight excluding hydrogens is 114 g/mol. The molecule has 2 fully saturated rings. The molecule has 0 amide bonds. The van der Waals surface area contributed by atoms with Gasteiger partial charge in [-0.1, -0.05) is 0 Å². The highest BCUT2D eigenvalue weighted by molar-refractivity contribution is 4.94. The van der Waals surface area contributed by atoms with Crippen LogP contribution in [0.4, 0.5) is 0 Å². The molecule has 3 atom stereocenters. The van der Waals surface area contributed by atoms with Crippen LogP contribution in [0.15, 0.2) is 0 Å². The van der Waals surface area contributed by atoms with Gasteiger partial charge in [0.05, 0.1) is 6.10 Å². The molecule has 9 heavy (non-hydrogen) atoms. The Labute approximate surface area is 55.3 Å². The van der Waals surface area contributed by atoms with Gasteiger partial charge < -0.3 is 10.4 Å². The SMILES string of the molecule is OC1CC[C@@H]2CCN[C@H]12. The summed E-state index contributed by atoms with van der Waals surface area (Å²) < 4.78 is 0. The molecule has 2 aliphatic rings. The van der Waals surface area contributed by atoms with Crippen molar-refractivity contribution in [1.82, 2.24) is 5.32 Å². The Balaban J connectivity index is 2.07. The first-order valence-electron chi connectivity index (χ1n) is 3.79. The van der Waals surface area contributed by atoms with Gasteiger partial charge in [-0.25, -0.2) is 0 Å². The van der Waals surface area contributed by atoms with E-state index in [0.717, 1.165) is 18.9 Å². The average Bonchev–Trinajstić information content (AvgIpc) is 2.35. The van der Waals surface area contributed by atoms with Gasteiger partial charge >= 0.3 is 0 Å². The van der Waals surface area contributed by atoms with Crippen molar-refractivity contribution in [3.8, 4) is 0 Å². The lowest BCUT2D eigenvalue weighted by molar-refractivity contribution is 0.151. The number of aliphatic hydroxyl groups is 1. The number of fused-ring (bicyclic) bond motifs is 1. The molecule has 1 saturated carbocycles. The molecule has 0 aromatic rings. The highest BCUT2D eigenvalue weighted by Crippen LogP contribution is 2.31. The Hall–Kier alpha value is -0.0800. The highest BCUT2D eigenvalue weighted by Gasteiger charge is 2.37. The van der Waals surface area contributed by atoms with Crippen LogP contribution in [0.3, 0.4) is 0 Å². The Morgan fingerprint density at radius 2 is 2.11 bits per heavy atom. The van der Waals surface area contributed by atoms with E-state index in [4.69, 9.17) is 0 Å². The molecule has 1 aliphatic carbocycles. The predicted octanol–water partition coefficient (Wildman–Crippen LogP) is 0.119. The van der Waals surface area contributed by atoms with Crippen molar-refractivity contribution in [1.29, 1.82) is 0 Å². The molecule has 0 radical (unpaired) electrons.